The predicted molar refractivity (Wildman–Crippen MR) is 85.8 cm³/mol. The number of aryl methyl sites for hydroxylation is 1. The number of carbonyl (C=O) groups excluding carboxylic acids is 1. The number of nitrogens with zero attached hydrogens (tertiary/aromatic N) is 1. The van der Waals surface area contributed by atoms with E-state index in [-0.39, 0.29) is 12.0 Å². The van der Waals surface area contributed by atoms with E-state index in [0.717, 1.165) is 5.82 Å². The number of ether oxygens (including phenoxy) is 1. The van der Waals surface area contributed by atoms with Crippen LogP contribution in [0.2, 0.25) is 0 Å². The van der Waals surface area contributed by atoms with Crippen LogP contribution in [-0.4, -0.2) is 18.1 Å². The Bertz CT molecular complexity index is 609. The number of methoxy groups -OCH3 is 1. The van der Waals surface area contributed by atoms with Gasteiger partial charge in [0.15, 0.2) is 0 Å². The number of pyridine rings is 1. The number of hydrogen-bond acceptors (Lipinski definition) is 5. The Balaban J connectivity index is 2.22. The fraction of sp³-hybridized carbons (Fsp3) is 0.375. The SMILES string of the molecule is COC(=O)c1ccc(NC(c2cccs2)C(C)C)nc1C. The molecule has 0 saturated carbocycles. The average Bonchev–Trinajstić information content (AvgIpc) is 2.97. The molecule has 2 aromatic heterocycles. The minimum Gasteiger partial charge on any atom is -0.465 e. The van der Waals surface area contributed by atoms with Crippen LogP contribution in [0.1, 0.15) is 40.8 Å². The fourth-order valence-electron chi connectivity index (χ4n) is 2.16. The zero-order valence-corrected chi connectivity index (χ0v) is 13.5. The largest absolute Gasteiger partial charge is 0.465 e. The Morgan fingerprint density at radius 2 is 2.10 bits per heavy atom. The molecule has 2 aromatic rings. The molecular weight excluding hydrogens is 284 g/mol. The summed E-state index contributed by atoms with van der Waals surface area (Å²) in [5.41, 5.74) is 1.17. The second-order valence-electron chi connectivity index (χ2n) is 5.20. The van der Waals surface area contributed by atoms with Crippen molar-refractivity contribution in [3.05, 3.63) is 45.8 Å². The van der Waals surface area contributed by atoms with Gasteiger partial charge in [0.2, 0.25) is 0 Å². The van der Waals surface area contributed by atoms with Crippen molar-refractivity contribution in [3.63, 3.8) is 0 Å². The molecule has 0 aliphatic heterocycles. The molecule has 0 spiro atoms. The van der Waals surface area contributed by atoms with Gasteiger partial charge in [0.05, 0.1) is 24.4 Å². The Kier molecular flexibility index (Phi) is 4.96. The molecule has 0 bridgehead atoms. The van der Waals surface area contributed by atoms with Crippen molar-refractivity contribution < 1.29 is 9.53 Å². The molecule has 4 nitrogen and oxygen atoms in total. The van der Waals surface area contributed by atoms with Crippen LogP contribution in [0.5, 0.6) is 0 Å². The van der Waals surface area contributed by atoms with Crippen molar-refractivity contribution >= 4 is 23.1 Å². The second kappa shape index (κ2) is 6.72. The molecule has 21 heavy (non-hydrogen) atoms. The van der Waals surface area contributed by atoms with Gasteiger partial charge in [-0.15, -0.1) is 11.3 Å². The lowest BCUT2D eigenvalue weighted by atomic mass is 10.0. The number of esters is 1. The van der Waals surface area contributed by atoms with Crippen molar-refractivity contribution in [3.8, 4) is 0 Å². The first-order chi connectivity index (χ1) is 10.0. The second-order valence-corrected chi connectivity index (χ2v) is 6.18. The summed E-state index contributed by atoms with van der Waals surface area (Å²) in [6.07, 6.45) is 0. The third-order valence-corrected chi connectivity index (χ3v) is 4.27. The maximum Gasteiger partial charge on any atom is 0.339 e. The van der Waals surface area contributed by atoms with Gasteiger partial charge in [-0.05, 0) is 36.4 Å². The Morgan fingerprint density at radius 3 is 2.62 bits per heavy atom. The van der Waals surface area contributed by atoms with Gasteiger partial charge in [-0.3, -0.25) is 0 Å². The smallest absolute Gasteiger partial charge is 0.339 e. The molecule has 0 amide bonds. The zero-order chi connectivity index (χ0) is 15.4. The van der Waals surface area contributed by atoms with Crippen molar-refractivity contribution in [2.45, 2.75) is 26.8 Å². The summed E-state index contributed by atoms with van der Waals surface area (Å²) in [7, 11) is 1.37. The van der Waals surface area contributed by atoms with Crippen LogP contribution in [0, 0.1) is 12.8 Å². The number of aromatic nitrogens is 1. The summed E-state index contributed by atoms with van der Waals surface area (Å²) in [5.74, 6) is 0.850. The fourth-order valence-corrected chi connectivity index (χ4v) is 3.11. The van der Waals surface area contributed by atoms with Crippen LogP contribution >= 0.6 is 11.3 Å². The molecule has 2 rings (SSSR count). The third-order valence-electron chi connectivity index (χ3n) is 3.31. The number of hydrogen-bond donors (Lipinski definition) is 1. The molecule has 112 valence electrons. The Hall–Kier alpha value is -1.88. The molecular formula is C16H20N2O2S. The number of nitrogens with one attached hydrogen (secondary N) is 1. The van der Waals surface area contributed by atoms with E-state index in [1.165, 1.54) is 12.0 Å². The molecule has 0 aliphatic rings. The van der Waals surface area contributed by atoms with Gasteiger partial charge >= 0.3 is 5.97 Å². The zero-order valence-electron chi connectivity index (χ0n) is 12.7. The Morgan fingerprint density at radius 1 is 1.33 bits per heavy atom. The van der Waals surface area contributed by atoms with Gasteiger partial charge in [0.25, 0.3) is 0 Å². The molecule has 2 heterocycles. The number of anilines is 1. The van der Waals surface area contributed by atoms with Gasteiger partial charge in [-0.25, -0.2) is 9.78 Å². The van der Waals surface area contributed by atoms with Crippen LogP contribution in [0.15, 0.2) is 29.6 Å². The highest BCUT2D eigenvalue weighted by Gasteiger charge is 2.18. The lowest BCUT2D eigenvalue weighted by Gasteiger charge is -2.22. The number of thiophene rings is 1. The maximum atomic E-state index is 11.6. The van der Waals surface area contributed by atoms with Gasteiger partial charge in [0, 0.05) is 4.88 Å². The van der Waals surface area contributed by atoms with Crippen molar-refractivity contribution in [2.24, 2.45) is 5.92 Å². The first-order valence-corrected chi connectivity index (χ1v) is 7.76. The first-order valence-electron chi connectivity index (χ1n) is 6.88. The number of rotatable bonds is 5. The lowest BCUT2D eigenvalue weighted by Crippen LogP contribution is -2.17. The number of carbonyl (C=O) groups is 1. The Labute approximate surface area is 129 Å². The summed E-state index contributed by atoms with van der Waals surface area (Å²) < 4.78 is 4.74. The van der Waals surface area contributed by atoms with E-state index in [1.807, 2.05) is 13.0 Å². The van der Waals surface area contributed by atoms with E-state index in [4.69, 9.17) is 4.74 Å². The van der Waals surface area contributed by atoms with Gasteiger partial charge in [0.1, 0.15) is 5.82 Å². The molecule has 1 N–H and O–H groups in total. The van der Waals surface area contributed by atoms with Crippen molar-refractivity contribution in [1.82, 2.24) is 4.98 Å². The van der Waals surface area contributed by atoms with E-state index >= 15 is 0 Å². The van der Waals surface area contributed by atoms with Gasteiger partial charge < -0.3 is 10.1 Å². The van der Waals surface area contributed by atoms with Crippen LogP contribution in [0.4, 0.5) is 5.82 Å². The average molecular weight is 304 g/mol. The van der Waals surface area contributed by atoms with E-state index in [2.05, 4.69) is 41.7 Å². The summed E-state index contributed by atoms with van der Waals surface area (Å²) in [5, 5.41) is 5.53. The highest BCUT2D eigenvalue weighted by Crippen LogP contribution is 2.29. The van der Waals surface area contributed by atoms with E-state index in [1.54, 1.807) is 17.4 Å². The van der Waals surface area contributed by atoms with Crippen LogP contribution < -0.4 is 5.32 Å². The minimum absolute atomic E-state index is 0.209. The predicted octanol–water partition coefficient (Wildman–Crippen LogP) is 4.05. The van der Waals surface area contributed by atoms with Crippen molar-refractivity contribution in [2.75, 3.05) is 12.4 Å². The highest BCUT2D eigenvalue weighted by molar-refractivity contribution is 7.10. The molecule has 1 unspecified atom stereocenters. The summed E-state index contributed by atoms with van der Waals surface area (Å²) in [6.45, 7) is 6.16. The highest BCUT2D eigenvalue weighted by atomic mass is 32.1. The third kappa shape index (κ3) is 3.61. The normalized spacial score (nSPS) is 12.2. The lowest BCUT2D eigenvalue weighted by molar-refractivity contribution is 0.0599. The van der Waals surface area contributed by atoms with Crippen molar-refractivity contribution in [1.29, 1.82) is 0 Å². The summed E-state index contributed by atoms with van der Waals surface area (Å²) in [4.78, 5) is 17.3. The van der Waals surface area contributed by atoms with Gasteiger partial charge in [-0.1, -0.05) is 19.9 Å². The maximum absolute atomic E-state index is 11.6. The standard InChI is InChI=1S/C16H20N2O2S/c1-10(2)15(13-6-5-9-21-13)18-14-8-7-12(11(3)17-14)16(19)20-4/h5-10,15H,1-4H3,(H,17,18). The molecule has 0 aromatic carbocycles. The minimum atomic E-state index is -0.356. The first kappa shape index (κ1) is 15.5. The summed E-state index contributed by atoms with van der Waals surface area (Å²) in [6, 6.07) is 7.96. The molecule has 0 aliphatic carbocycles. The quantitative estimate of drug-likeness (QED) is 0.847. The van der Waals surface area contributed by atoms with E-state index < -0.39 is 0 Å². The monoisotopic (exact) mass is 304 g/mol. The molecule has 0 fully saturated rings. The van der Waals surface area contributed by atoms with E-state index in [9.17, 15) is 4.79 Å². The summed E-state index contributed by atoms with van der Waals surface area (Å²) >= 11 is 1.73. The van der Waals surface area contributed by atoms with E-state index in [0.29, 0.717) is 17.2 Å². The topological polar surface area (TPSA) is 51.2 Å². The van der Waals surface area contributed by atoms with Gasteiger partial charge in [-0.2, -0.15) is 0 Å². The van der Waals surface area contributed by atoms with Crippen LogP contribution in [-0.2, 0) is 4.74 Å². The molecule has 0 saturated heterocycles. The van der Waals surface area contributed by atoms with Crippen LogP contribution in [0.25, 0.3) is 0 Å². The molecule has 1 atom stereocenters. The molecule has 5 heteroatoms. The molecule has 0 radical (unpaired) electrons. The van der Waals surface area contributed by atoms with Crippen LogP contribution in [0.3, 0.4) is 0 Å².